The molecule has 0 radical (unpaired) electrons. The number of hydrogen-bond acceptors (Lipinski definition) is 6. The first-order chi connectivity index (χ1) is 23.3. The Balaban J connectivity index is 4.06. The molecule has 48 heavy (non-hydrogen) atoms. The summed E-state index contributed by atoms with van der Waals surface area (Å²) in [5, 5.41) is 0. The normalized spacial score (nSPS) is 13.3. The first kappa shape index (κ1) is 45.5. The minimum atomic E-state index is -4.76. The number of ether oxygens (including phenoxy) is 2. The Morgan fingerprint density at radius 2 is 0.938 bits per heavy atom. The molecule has 0 amide bonds. The average Bonchev–Trinajstić information content (AvgIpc) is 3.05. The maximum absolute atomic E-state index is 12.3. The van der Waals surface area contributed by atoms with Crippen molar-refractivity contribution in [3.05, 3.63) is 72.9 Å². The fraction of sp³-hybridized carbons (Fsp3) is 0.641. The third-order valence-electron chi connectivity index (χ3n) is 7.22. The molecule has 0 aliphatic carbocycles. The number of phosphoric ester groups is 1. The van der Waals surface area contributed by atoms with Gasteiger partial charge in [0.1, 0.15) is 6.61 Å². The second-order valence-electron chi connectivity index (χ2n) is 11.8. The maximum Gasteiger partial charge on any atom is 0.469 e. The van der Waals surface area contributed by atoms with E-state index in [1.54, 1.807) is 0 Å². The van der Waals surface area contributed by atoms with E-state index < -0.39 is 32.5 Å². The van der Waals surface area contributed by atoms with Crippen molar-refractivity contribution in [2.75, 3.05) is 13.2 Å². The summed E-state index contributed by atoms with van der Waals surface area (Å²) in [6, 6.07) is 0. The summed E-state index contributed by atoms with van der Waals surface area (Å²) in [4.78, 5) is 42.7. The molecule has 0 rings (SSSR count). The van der Waals surface area contributed by atoms with Crippen molar-refractivity contribution in [3.8, 4) is 0 Å². The Hall–Kier alpha value is -2.51. The summed E-state index contributed by atoms with van der Waals surface area (Å²) in [6.45, 7) is 3.41. The summed E-state index contributed by atoms with van der Waals surface area (Å²) >= 11 is 0. The van der Waals surface area contributed by atoms with Crippen LogP contribution >= 0.6 is 7.82 Å². The fourth-order valence-electron chi connectivity index (χ4n) is 4.58. The Bertz CT molecular complexity index is 1010. The van der Waals surface area contributed by atoms with Crippen LogP contribution < -0.4 is 0 Å². The number of phosphoric acid groups is 1. The van der Waals surface area contributed by atoms with Gasteiger partial charge in [-0.1, -0.05) is 125 Å². The summed E-state index contributed by atoms with van der Waals surface area (Å²) in [6.07, 6.45) is 43.3. The molecule has 0 aromatic carbocycles. The van der Waals surface area contributed by atoms with Crippen LogP contribution in [0.25, 0.3) is 0 Å². The van der Waals surface area contributed by atoms with Gasteiger partial charge in [0.25, 0.3) is 0 Å². The number of hydrogen-bond donors (Lipinski definition) is 2. The molecular weight excluding hydrogens is 627 g/mol. The van der Waals surface area contributed by atoms with Gasteiger partial charge in [-0.05, 0) is 77.0 Å². The van der Waals surface area contributed by atoms with Crippen molar-refractivity contribution in [1.82, 2.24) is 0 Å². The van der Waals surface area contributed by atoms with Crippen LogP contribution in [0.15, 0.2) is 72.9 Å². The van der Waals surface area contributed by atoms with Crippen molar-refractivity contribution in [1.29, 1.82) is 0 Å². The zero-order valence-corrected chi connectivity index (χ0v) is 30.7. The quantitative estimate of drug-likeness (QED) is 0.0309. The maximum atomic E-state index is 12.3. The third-order valence-corrected chi connectivity index (χ3v) is 7.71. The fourth-order valence-corrected chi connectivity index (χ4v) is 4.94. The highest BCUT2D eigenvalue weighted by Gasteiger charge is 2.22. The molecule has 0 heterocycles. The molecule has 0 saturated carbocycles. The van der Waals surface area contributed by atoms with E-state index >= 15 is 0 Å². The lowest BCUT2D eigenvalue weighted by Gasteiger charge is -2.18. The van der Waals surface area contributed by atoms with Crippen LogP contribution in [0.4, 0.5) is 0 Å². The summed E-state index contributed by atoms with van der Waals surface area (Å²) in [5.74, 6) is -0.933. The van der Waals surface area contributed by atoms with Gasteiger partial charge in [0.15, 0.2) is 6.10 Å². The van der Waals surface area contributed by atoms with E-state index in [0.717, 1.165) is 103 Å². The number of carbonyl (C=O) groups is 2. The smallest absolute Gasteiger partial charge is 0.462 e. The number of esters is 2. The van der Waals surface area contributed by atoms with E-state index in [4.69, 9.17) is 19.3 Å². The molecule has 8 nitrogen and oxygen atoms in total. The molecule has 274 valence electrons. The Labute approximate surface area is 291 Å². The minimum absolute atomic E-state index is 0.184. The molecule has 2 N–H and O–H groups in total. The molecule has 0 aliphatic heterocycles. The van der Waals surface area contributed by atoms with Gasteiger partial charge in [-0.25, -0.2) is 4.57 Å². The summed E-state index contributed by atoms with van der Waals surface area (Å²) in [5.41, 5.74) is 0. The molecule has 0 bridgehead atoms. The van der Waals surface area contributed by atoms with Crippen LogP contribution in [0.3, 0.4) is 0 Å². The van der Waals surface area contributed by atoms with Gasteiger partial charge in [0, 0.05) is 12.8 Å². The van der Waals surface area contributed by atoms with Gasteiger partial charge >= 0.3 is 19.8 Å². The Morgan fingerprint density at radius 3 is 1.40 bits per heavy atom. The molecule has 0 spiro atoms. The van der Waals surface area contributed by atoms with Crippen molar-refractivity contribution in [3.63, 3.8) is 0 Å². The van der Waals surface area contributed by atoms with Gasteiger partial charge in [-0.3, -0.25) is 14.1 Å². The molecule has 0 saturated heterocycles. The summed E-state index contributed by atoms with van der Waals surface area (Å²) in [7, 11) is -4.76. The molecule has 0 aromatic heterocycles. The molecule has 1 unspecified atom stereocenters. The van der Waals surface area contributed by atoms with Crippen LogP contribution in [0.2, 0.25) is 0 Å². The van der Waals surface area contributed by atoms with E-state index in [0.29, 0.717) is 12.8 Å². The number of unbranched alkanes of at least 4 members (excludes halogenated alkanes) is 10. The van der Waals surface area contributed by atoms with Crippen LogP contribution in [0, 0.1) is 0 Å². The van der Waals surface area contributed by atoms with Crippen molar-refractivity contribution >= 4 is 19.8 Å². The van der Waals surface area contributed by atoms with Gasteiger partial charge in [0.05, 0.1) is 6.61 Å². The van der Waals surface area contributed by atoms with E-state index in [2.05, 4.69) is 91.3 Å². The molecular formula is C39H65O8P. The monoisotopic (exact) mass is 692 g/mol. The minimum Gasteiger partial charge on any atom is -0.462 e. The number of rotatable bonds is 32. The summed E-state index contributed by atoms with van der Waals surface area (Å²) < 4.78 is 26.3. The lowest BCUT2D eigenvalue weighted by Crippen LogP contribution is -2.29. The van der Waals surface area contributed by atoms with E-state index in [1.807, 2.05) is 0 Å². The predicted octanol–water partition coefficient (Wildman–Crippen LogP) is 10.7. The van der Waals surface area contributed by atoms with Crippen LogP contribution in [0.5, 0.6) is 0 Å². The zero-order valence-electron chi connectivity index (χ0n) is 29.9. The van der Waals surface area contributed by atoms with Crippen LogP contribution in [-0.2, 0) is 28.2 Å². The largest absolute Gasteiger partial charge is 0.469 e. The molecule has 0 aromatic rings. The van der Waals surface area contributed by atoms with Crippen molar-refractivity contribution in [2.24, 2.45) is 0 Å². The standard InChI is InChI=1S/C39H65O8P/c1-3-5-7-9-11-13-15-17-19-21-23-25-27-29-31-33-38(40)45-35-37(36-46-48(42,43)44)47-39(41)34-32-30-28-26-24-22-20-18-16-14-12-10-8-6-4-2/h5-8,11-14,17-20,37H,3-4,9-10,15-16,21-36H2,1-2H3,(H2,42,43,44)/b7-5+,8-6+,13-11+,14-12+,19-17+,20-18+. The van der Waals surface area contributed by atoms with E-state index in [1.165, 1.54) is 0 Å². The second kappa shape index (κ2) is 34.4. The highest BCUT2D eigenvalue weighted by molar-refractivity contribution is 7.46. The highest BCUT2D eigenvalue weighted by Crippen LogP contribution is 2.35. The first-order valence-corrected chi connectivity index (χ1v) is 19.8. The Kier molecular flexibility index (Phi) is 32.6. The second-order valence-corrected chi connectivity index (χ2v) is 13.0. The molecule has 0 fully saturated rings. The first-order valence-electron chi connectivity index (χ1n) is 18.2. The lowest BCUT2D eigenvalue weighted by atomic mass is 10.1. The van der Waals surface area contributed by atoms with E-state index in [9.17, 15) is 14.2 Å². The SMILES string of the molecule is CC/C=C/C/C=C/C/C=C/CCCCCCCC(=O)OCC(COP(=O)(O)O)OC(=O)CCCCCCC/C=C/C/C=C/C/C=C/CC. The van der Waals surface area contributed by atoms with Crippen LogP contribution in [0.1, 0.15) is 142 Å². The molecule has 1 atom stereocenters. The van der Waals surface area contributed by atoms with Crippen molar-refractivity contribution < 1.29 is 37.9 Å². The average molecular weight is 693 g/mol. The topological polar surface area (TPSA) is 119 Å². The molecule has 9 heteroatoms. The van der Waals surface area contributed by atoms with Crippen LogP contribution in [-0.4, -0.2) is 41.0 Å². The lowest BCUT2D eigenvalue weighted by molar-refractivity contribution is -0.161. The van der Waals surface area contributed by atoms with Gasteiger partial charge in [0.2, 0.25) is 0 Å². The number of allylic oxidation sites excluding steroid dienone is 12. The zero-order chi connectivity index (χ0) is 35.4. The van der Waals surface area contributed by atoms with E-state index in [-0.39, 0.29) is 19.4 Å². The predicted molar refractivity (Wildman–Crippen MR) is 197 cm³/mol. The third kappa shape index (κ3) is 36.3. The van der Waals surface area contributed by atoms with Gasteiger partial charge < -0.3 is 19.3 Å². The van der Waals surface area contributed by atoms with Gasteiger partial charge in [-0.2, -0.15) is 0 Å². The highest BCUT2D eigenvalue weighted by atomic mass is 31.2. The molecule has 0 aliphatic rings. The number of carbonyl (C=O) groups excluding carboxylic acids is 2. The Morgan fingerprint density at radius 1 is 0.542 bits per heavy atom. The van der Waals surface area contributed by atoms with Gasteiger partial charge in [-0.15, -0.1) is 0 Å². The van der Waals surface area contributed by atoms with Crippen molar-refractivity contribution in [2.45, 2.75) is 148 Å².